The number of aromatic nitrogens is 3. The Morgan fingerprint density at radius 1 is 1.30 bits per heavy atom. The topological polar surface area (TPSA) is 88.2 Å². The van der Waals surface area contributed by atoms with Gasteiger partial charge in [-0.2, -0.15) is 0 Å². The third-order valence-electron chi connectivity index (χ3n) is 5.06. The molecule has 0 spiro atoms. The molecule has 0 bridgehead atoms. The predicted molar refractivity (Wildman–Crippen MR) is 105 cm³/mol. The van der Waals surface area contributed by atoms with Gasteiger partial charge in [-0.25, -0.2) is 4.68 Å². The minimum atomic E-state index is -0.866. The van der Waals surface area contributed by atoms with Crippen LogP contribution in [-0.2, 0) is 18.4 Å². The van der Waals surface area contributed by atoms with Gasteiger partial charge in [0.1, 0.15) is 5.52 Å². The van der Waals surface area contributed by atoms with Crippen molar-refractivity contribution in [2.75, 3.05) is 0 Å². The lowest BCUT2D eigenvalue weighted by atomic mass is 9.84. The fourth-order valence-corrected chi connectivity index (χ4v) is 4.60. The van der Waals surface area contributed by atoms with E-state index in [0.717, 1.165) is 43.4 Å². The van der Waals surface area contributed by atoms with Gasteiger partial charge in [0.2, 0.25) is 0 Å². The summed E-state index contributed by atoms with van der Waals surface area (Å²) in [6, 6.07) is 9.85. The number of fused-ring (bicyclic) bond motifs is 2. The summed E-state index contributed by atoms with van der Waals surface area (Å²) in [4.78, 5) is 11.6. The third kappa shape index (κ3) is 2.98. The van der Waals surface area contributed by atoms with Crippen molar-refractivity contribution < 1.29 is 15.0 Å². The van der Waals surface area contributed by atoms with Crippen LogP contribution in [0, 0.1) is 6.92 Å². The highest BCUT2D eigenvalue weighted by Gasteiger charge is 2.23. The number of carbonyl (C=O) groups is 1. The van der Waals surface area contributed by atoms with Crippen molar-refractivity contribution >= 4 is 38.4 Å². The van der Waals surface area contributed by atoms with E-state index in [1.165, 1.54) is 0 Å². The van der Waals surface area contributed by atoms with E-state index < -0.39 is 5.97 Å². The van der Waals surface area contributed by atoms with Gasteiger partial charge >= 0.3 is 5.97 Å². The number of aliphatic hydroxyl groups excluding tert-OH is 1. The van der Waals surface area contributed by atoms with E-state index in [0.29, 0.717) is 0 Å². The summed E-state index contributed by atoms with van der Waals surface area (Å²) < 4.78 is 2.75. The number of aryl methyl sites for hydroxylation is 2. The molecule has 0 unspecified atom stereocenters. The second kappa shape index (κ2) is 6.75. The highest BCUT2D eigenvalue weighted by molar-refractivity contribution is 7.17. The van der Waals surface area contributed by atoms with E-state index in [-0.39, 0.29) is 18.9 Å². The Hall–Kier alpha value is -2.77. The molecule has 0 aliphatic rings. The molecule has 27 heavy (non-hydrogen) atoms. The van der Waals surface area contributed by atoms with E-state index in [1.807, 2.05) is 49.7 Å². The molecule has 7 heteroatoms. The van der Waals surface area contributed by atoms with Crippen LogP contribution in [0.15, 0.2) is 35.7 Å². The molecule has 0 amide bonds. The van der Waals surface area contributed by atoms with Crippen LogP contribution in [0.4, 0.5) is 0 Å². The van der Waals surface area contributed by atoms with Crippen LogP contribution in [0.2, 0.25) is 0 Å². The summed E-state index contributed by atoms with van der Waals surface area (Å²) in [6.45, 7) is 1.88. The zero-order valence-electron chi connectivity index (χ0n) is 15.0. The number of aliphatic carboxylic acids is 1. The zero-order chi connectivity index (χ0) is 19.1. The molecular weight excluding hydrogens is 362 g/mol. The molecule has 2 aromatic heterocycles. The van der Waals surface area contributed by atoms with Crippen LogP contribution in [-0.4, -0.2) is 31.2 Å². The molecule has 2 aromatic carbocycles. The molecule has 2 N–H and O–H groups in total. The Bertz CT molecular complexity index is 1160. The predicted octanol–water partition coefficient (Wildman–Crippen LogP) is 3.59. The van der Waals surface area contributed by atoms with Gasteiger partial charge in [-0.3, -0.25) is 4.79 Å². The molecule has 4 aromatic rings. The number of rotatable bonds is 5. The van der Waals surface area contributed by atoms with E-state index in [1.54, 1.807) is 16.0 Å². The molecule has 0 aliphatic heterocycles. The van der Waals surface area contributed by atoms with Gasteiger partial charge in [0.15, 0.2) is 0 Å². The van der Waals surface area contributed by atoms with Crippen molar-refractivity contribution in [1.29, 1.82) is 0 Å². The lowest BCUT2D eigenvalue weighted by Gasteiger charge is -2.20. The fourth-order valence-electron chi connectivity index (χ4n) is 3.71. The maximum atomic E-state index is 11.6. The number of nitrogens with zero attached hydrogens (tertiary/aromatic N) is 3. The molecule has 138 valence electrons. The van der Waals surface area contributed by atoms with E-state index in [2.05, 4.69) is 10.3 Å². The standard InChI is InChI=1S/C20H19N3O3S/c1-11-15(3-4-17-19(11)21-22-23(17)2)16(9-18(25)26)13-7-12-5-6-27-20(12)14(8-13)10-24/h3-8,16,24H,9-10H2,1-2H3,(H,25,26)/t16-/m1/s1. The summed E-state index contributed by atoms with van der Waals surface area (Å²) in [5.74, 6) is -1.20. The minimum Gasteiger partial charge on any atom is -0.481 e. The van der Waals surface area contributed by atoms with Crippen LogP contribution in [0.25, 0.3) is 21.1 Å². The van der Waals surface area contributed by atoms with Crippen molar-refractivity contribution in [2.45, 2.75) is 25.9 Å². The first-order chi connectivity index (χ1) is 13.0. The normalized spacial score (nSPS) is 12.7. The number of carboxylic acid groups (broad SMARTS) is 1. The van der Waals surface area contributed by atoms with Gasteiger partial charge in [0, 0.05) is 17.7 Å². The Kier molecular flexibility index (Phi) is 4.41. The first kappa shape index (κ1) is 17.6. The van der Waals surface area contributed by atoms with Crippen LogP contribution < -0.4 is 0 Å². The zero-order valence-corrected chi connectivity index (χ0v) is 15.8. The van der Waals surface area contributed by atoms with Gasteiger partial charge in [-0.05, 0) is 58.1 Å². The Balaban J connectivity index is 1.92. The largest absolute Gasteiger partial charge is 0.481 e. The van der Waals surface area contributed by atoms with Crippen LogP contribution >= 0.6 is 11.3 Å². The van der Waals surface area contributed by atoms with Gasteiger partial charge < -0.3 is 10.2 Å². The maximum Gasteiger partial charge on any atom is 0.304 e. The Labute approximate surface area is 159 Å². The average Bonchev–Trinajstić information content (AvgIpc) is 3.26. The average molecular weight is 381 g/mol. The smallest absolute Gasteiger partial charge is 0.304 e. The first-order valence-corrected chi connectivity index (χ1v) is 9.49. The number of hydrogen-bond donors (Lipinski definition) is 2. The van der Waals surface area contributed by atoms with E-state index in [9.17, 15) is 15.0 Å². The molecule has 1 atom stereocenters. The van der Waals surface area contributed by atoms with Gasteiger partial charge in [-0.1, -0.05) is 17.3 Å². The van der Waals surface area contributed by atoms with Crippen LogP contribution in [0.1, 0.15) is 34.6 Å². The van der Waals surface area contributed by atoms with Gasteiger partial charge in [0.05, 0.1) is 18.5 Å². The molecule has 0 saturated heterocycles. The lowest BCUT2D eigenvalue weighted by molar-refractivity contribution is -0.137. The Morgan fingerprint density at radius 3 is 2.85 bits per heavy atom. The molecule has 0 radical (unpaired) electrons. The van der Waals surface area contributed by atoms with E-state index in [4.69, 9.17) is 0 Å². The number of benzene rings is 2. The van der Waals surface area contributed by atoms with Gasteiger partial charge in [-0.15, -0.1) is 16.4 Å². The van der Waals surface area contributed by atoms with Crippen molar-refractivity contribution in [3.63, 3.8) is 0 Å². The summed E-state index contributed by atoms with van der Waals surface area (Å²) in [5.41, 5.74) is 5.26. The van der Waals surface area contributed by atoms with Crippen molar-refractivity contribution in [3.8, 4) is 0 Å². The third-order valence-corrected chi connectivity index (χ3v) is 6.06. The highest BCUT2D eigenvalue weighted by Crippen LogP contribution is 2.36. The summed E-state index contributed by atoms with van der Waals surface area (Å²) in [7, 11) is 1.83. The monoisotopic (exact) mass is 381 g/mol. The van der Waals surface area contributed by atoms with Crippen molar-refractivity contribution in [1.82, 2.24) is 15.0 Å². The Morgan fingerprint density at radius 2 is 2.11 bits per heavy atom. The summed E-state index contributed by atoms with van der Waals surface area (Å²) in [6.07, 6.45) is -0.0346. The number of hydrogen-bond acceptors (Lipinski definition) is 5. The van der Waals surface area contributed by atoms with Crippen LogP contribution in [0.3, 0.4) is 0 Å². The highest BCUT2D eigenvalue weighted by atomic mass is 32.1. The number of carboxylic acids is 1. The quantitative estimate of drug-likeness (QED) is 0.551. The fraction of sp³-hybridized carbons (Fsp3) is 0.250. The second-order valence-corrected chi connectivity index (χ2v) is 7.60. The molecule has 0 aliphatic carbocycles. The molecule has 2 heterocycles. The molecule has 0 fully saturated rings. The number of aliphatic hydroxyl groups is 1. The SMILES string of the molecule is Cc1c([C@H](CC(=O)O)c2cc(CO)c3sccc3c2)ccc2c1nnn2C. The number of thiophene rings is 1. The lowest BCUT2D eigenvalue weighted by Crippen LogP contribution is -2.10. The first-order valence-electron chi connectivity index (χ1n) is 8.61. The second-order valence-electron chi connectivity index (χ2n) is 6.69. The molecule has 0 saturated carbocycles. The minimum absolute atomic E-state index is 0.0346. The summed E-state index contributed by atoms with van der Waals surface area (Å²) in [5, 5.41) is 30.6. The molecule has 6 nitrogen and oxygen atoms in total. The molecule has 4 rings (SSSR count). The van der Waals surface area contributed by atoms with Crippen molar-refractivity contribution in [3.05, 3.63) is 58.0 Å². The molecular formula is C20H19N3O3S. The van der Waals surface area contributed by atoms with Crippen molar-refractivity contribution in [2.24, 2.45) is 7.05 Å². The van der Waals surface area contributed by atoms with E-state index >= 15 is 0 Å². The maximum absolute atomic E-state index is 11.6. The van der Waals surface area contributed by atoms with Crippen LogP contribution in [0.5, 0.6) is 0 Å². The summed E-state index contributed by atoms with van der Waals surface area (Å²) >= 11 is 1.58. The van der Waals surface area contributed by atoms with Gasteiger partial charge in [0.25, 0.3) is 0 Å².